The average Bonchev–Trinajstić information content (AvgIpc) is 2.82. The summed E-state index contributed by atoms with van der Waals surface area (Å²) in [7, 11) is 0. The molecule has 0 amide bonds. The predicted molar refractivity (Wildman–Crippen MR) is 67.9 cm³/mol. The van der Waals surface area contributed by atoms with Crippen molar-refractivity contribution < 1.29 is 0 Å². The van der Waals surface area contributed by atoms with E-state index >= 15 is 0 Å². The molecule has 3 rings (SSSR count). The smallest absolute Gasteiger partial charge is 0.205 e. The summed E-state index contributed by atoms with van der Waals surface area (Å²) in [6, 6.07) is 4.32. The lowest BCUT2D eigenvalue weighted by Crippen LogP contribution is -2.44. The predicted octanol–water partition coefficient (Wildman–Crippen LogP) is 1.28. The van der Waals surface area contributed by atoms with E-state index in [1.807, 2.05) is 12.1 Å². The molecule has 1 fully saturated rings. The van der Waals surface area contributed by atoms with Crippen LogP contribution in [0.25, 0.3) is 11.2 Å². The first-order chi connectivity index (χ1) is 8.38. The largest absolute Gasteiger partial charge is 0.338 e. The number of aromatic amines is 1. The minimum atomic E-state index is 0.407. The van der Waals surface area contributed by atoms with E-state index in [0.717, 1.165) is 30.1 Å². The number of hydrogen-bond donors (Lipinski definition) is 2. The lowest BCUT2D eigenvalue weighted by molar-refractivity contribution is 0.459. The number of aromatic nitrogens is 3. The van der Waals surface area contributed by atoms with Gasteiger partial charge in [0.1, 0.15) is 0 Å². The number of fused-ring (bicyclic) bond motifs is 1. The number of rotatable bonds is 2. The molecule has 2 aromatic heterocycles. The standard InChI is InChI=1S/C12H17N5/c13-8-9-4-1-2-7-17(9)12-15-10-5-3-6-14-11(10)16-12/h3,5-6,9H,1-2,4,7-8,13H2,(H,14,15,16)/t9-/m0/s1. The fraction of sp³-hybridized carbons (Fsp3) is 0.500. The number of nitrogens with zero attached hydrogens (tertiary/aromatic N) is 3. The van der Waals surface area contributed by atoms with E-state index in [1.54, 1.807) is 6.20 Å². The molecule has 0 spiro atoms. The fourth-order valence-corrected chi connectivity index (χ4v) is 2.49. The van der Waals surface area contributed by atoms with E-state index in [4.69, 9.17) is 5.73 Å². The van der Waals surface area contributed by atoms with Crippen LogP contribution in [0.5, 0.6) is 0 Å². The van der Waals surface area contributed by atoms with E-state index in [2.05, 4.69) is 19.9 Å². The lowest BCUT2D eigenvalue weighted by atomic mass is 10.0. The topological polar surface area (TPSA) is 70.8 Å². The fourth-order valence-electron chi connectivity index (χ4n) is 2.49. The highest BCUT2D eigenvalue weighted by molar-refractivity contribution is 5.73. The second-order valence-electron chi connectivity index (χ2n) is 4.51. The zero-order valence-electron chi connectivity index (χ0n) is 9.76. The molecule has 5 heteroatoms. The number of nitrogens with one attached hydrogen (secondary N) is 1. The van der Waals surface area contributed by atoms with Crippen molar-refractivity contribution in [1.29, 1.82) is 0 Å². The summed E-state index contributed by atoms with van der Waals surface area (Å²) in [6.07, 6.45) is 5.39. The summed E-state index contributed by atoms with van der Waals surface area (Å²) in [5, 5.41) is 0. The van der Waals surface area contributed by atoms with Gasteiger partial charge in [0.25, 0.3) is 0 Å². The number of nitrogens with two attached hydrogens (primary N) is 1. The molecule has 0 bridgehead atoms. The molecule has 90 valence electrons. The van der Waals surface area contributed by atoms with Crippen molar-refractivity contribution in [3.63, 3.8) is 0 Å². The summed E-state index contributed by atoms with van der Waals surface area (Å²) in [6.45, 7) is 1.71. The van der Waals surface area contributed by atoms with Crippen molar-refractivity contribution in [2.75, 3.05) is 18.0 Å². The van der Waals surface area contributed by atoms with Crippen LogP contribution in [-0.4, -0.2) is 34.1 Å². The van der Waals surface area contributed by atoms with Crippen molar-refractivity contribution in [3.8, 4) is 0 Å². The van der Waals surface area contributed by atoms with Crippen LogP contribution < -0.4 is 10.6 Å². The second-order valence-corrected chi connectivity index (χ2v) is 4.51. The van der Waals surface area contributed by atoms with Crippen LogP contribution in [0.4, 0.5) is 5.95 Å². The molecule has 3 N–H and O–H groups in total. The Bertz CT molecular complexity index is 473. The third-order valence-corrected chi connectivity index (χ3v) is 3.42. The van der Waals surface area contributed by atoms with Crippen LogP contribution in [0.3, 0.4) is 0 Å². The molecule has 1 atom stereocenters. The monoisotopic (exact) mass is 231 g/mol. The average molecular weight is 231 g/mol. The number of imidazole rings is 1. The van der Waals surface area contributed by atoms with Crippen LogP contribution in [0.2, 0.25) is 0 Å². The Kier molecular flexibility index (Phi) is 2.68. The van der Waals surface area contributed by atoms with Gasteiger partial charge in [0, 0.05) is 25.3 Å². The Morgan fingerprint density at radius 1 is 1.47 bits per heavy atom. The second kappa shape index (κ2) is 4.33. The van der Waals surface area contributed by atoms with Gasteiger partial charge in [0.05, 0.1) is 5.52 Å². The highest BCUT2D eigenvalue weighted by atomic mass is 15.3. The normalized spacial score (nSPS) is 21.0. The molecule has 17 heavy (non-hydrogen) atoms. The van der Waals surface area contributed by atoms with Crippen LogP contribution >= 0.6 is 0 Å². The van der Waals surface area contributed by atoms with Crippen molar-refractivity contribution in [2.45, 2.75) is 25.3 Å². The third-order valence-electron chi connectivity index (χ3n) is 3.42. The zero-order valence-corrected chi connectivity index (χ0v) is 9.76. The van der Waals surface area contributed by atoms with Crippen molar-refractivity contribution in [2.24, 2.45) is 5.73 Å². The first kappa shape index (κ1) is 10.5. The molecule has 1 aliphatic rings. The Labute approximate surface area is 100 Å². The van der Waals surface area contributed by atoms with Crippen molar-refractivity contribution >= 4 is 17.1 Å². The van der Waals surface area contributed by atoms with Gasteiger partial charge < -0.3 is 15.6 Å². The summed E-state index contributed by atoms with van der Waals surface area (Å²) in [4.78, 5) is 14.4. The minimum absolute atomic E-state index is 0.407. The van der Waals surface area contributed by atoms with E-state index < -0.39 is 0 Å². The van der Waals surface area contributed by atoms with E-state index in [-0.39, 0.29) is 0 Å². The van der Waals surface area contributed by atoms with Gasteiger partial charge in [0.15, 0.2) is 5.65 Å². The van der Waals surface area contributed by atoms with E-state index in [1.165, 1.54) is 12.8 Å². The Hall–Kier alpha value is -1.62. The molecular formula is C12H17N5. The van der Waals surface area contributed by atoms with Crippen LogP contribution in [-0.2, 0) is 0 Å². The van der Waals surface area contributed by atoms with Gasteiger partial charge >= 0.3 is 0 Å². The maximum Gasteiger partial charge on any atom is 0.205 e. The molecule has 3 heterocycles. The van der Waals surface area contributed by atoms with Gasteiger partial charge in [-0.3, -0.25) is 0 Å². The number of anilines is 1. The number of H-pyrrole nitrogens is 1. The first-order valence-corrected chi connectivity index (χ1v) is 6.16. The van der Waals surface area contributed by atoms with E-state index in [9.17, 15) is 0 Å². The Morgan fingerprint density at radius 3 is 3.24 bits per heavy atom. The van der Waals surface area contributed by atoms with Gasteiger partial charge in [-0.1, -0.05) is 0 Å². The zero-order chi connectivity index (χ0) is 11.7. The molecular weight excluding hydrogens is 214 g/mol. The Morgan fingerprint density at radius 2 is 2.41 bits per heavy atom. The summed E-state index contributed by atoms with van der Waals surface area (Å²) >= 11 is 0. The number of piperidine rings is 1. The van der Waals surface area contributed by atoms with Gasteiger partial charge in [0.2, 0.25) is 5.95 Å². The summed E-state index contributed by atoms with van der Waals surface area (Å²) < 4.78 is 0. The molecule has 0 saturated carbocycles. The molecule has 2 aromatic rings. The molecule has 1 saturated heterocycles. The highest BCUT2D eigenvalue weighted by Crippen LogP contribution is 2.23. The molecule has 0 aromatic carbocycles. The quantitative estimate of drug-likeness (QED) is 0.816. The van der Waals surface area contributed by atoms with Crippen LogP contribution in [0.1, 0.15) is 19.3 Å². The first-order valence-electron chi connectivity index (χ1n) is 6.16. The number of hydrogen-bond acceptors (Lipinski definition) is 4. The maximum absolute atomic E-state index is 5.83. The van der Waals surface area contributed by atoms with Crippen molar-refractivity contribution in [3.05, 3.63) is 18.3 Å². The highest BCUT2D eigenvalue weighted by Gasteiger charge is 2.23. The third kappa shape index (κ3) is 1.86. The van der Waals surface area contributed by atoms with Crippen LogP contribution in [0, 0.1) is 0 Å². The molecule has 1 aliphatic heterocycles. The minimum Gasteiger partial charge on any atom is -0.338 e. The summed E-state index contributed by atoms with van der Waals surface area (Å²) in [5.74, 6) is 0.911. The van der Waals surface area contributed by atoms with E-state index in [0.29, 0.717) is 12.6 Å². The SMILES string of the molecule is NC[C@@H]1CCCCN1c1nc2ncccc2[nH]1. The lowest BCUT2D eigenvalue weighted by Gasteiger charge is -2.34. The Balaban J connectivity index is 1.96. The van der Waals surface area contributed by atoms with Gasteiger partial charge in [-0.25, -0.2) is 4.98 Å². The van der Waals surface area contributed by atoms with Gasteiger partial charge in [-0.15, -0.1) is 0 Å². The molecule has 0 unspecified atom stereocenters. The molecule has 0 aliphatic carbocycles. The molecule has 0 radical (unpaired) electrons. The van der Waals surface area contributed by atoms with Crippen molar-refractivity contribution in [1.82, 2.24) is 15.0 Å². The summed E-state index contributed by atoms with van der Waals surface area (Å²) in [5.41, 5.74) is 7.60. The van der Waals surface area contributed by atoms with Crippen LogP contribution in [0.15, 0.2) is 18.3 Å². The van der Waals surface area contributed by atoms with Gasteiger partial charge in [-0.05, 0) is 31.4 Å². The van der Waals surface area contributed by atoms with Gasteiger partial charge in [-0.2, -0.15) is 4.98 Å². The maximum atomic E-state index is 5.83. The molecule has 5 nitrogen and oxygen atoms in total. The number of pyridine rings is 1.